The molecule has 0 amide bonds. The molecule has 1 aromatic heterocycles. The van der Waals surface area contributed by atoms with Crippen LogP contribution in [0.2, 0.25) is 0 Å². The highest BCUT2D eigenvalue weighted by atomic mass is 19.2. The number of hydrogen-bond donors (Lipinski definition) is 4. The number of benzene rings is 1. The molecular formula is C13H6F4N2O5. The van der Waals surface area contributed by atoms with E-state index in [1.807, 2.05) is 0 Å². The second-order valence-corrected chi connectivity index (χ2v) is 4.45. The number of hydrogen-bond acceptors (Lipinski definition) is 4. The number of halogens is 4. The minimum Gasteiger partial charge on any atom is -0.478 e. The van der Waals surface area contributed by atoms with Crippen LogP contribution in [0.4, 0.5) is 23.4 Å². The van der Waals surface area contributed by atoms with Crippen molar-refractivity contribution in [2.24, 2.45) is 0 Å². The molecule has 0 aliphatic carbocycles. The summed E-state index contributed by atoms with van der Waals surface area (Å²) < 4.78 is 53.8. The molecule has 0 spiro atoms. The predicted molar refractivity (Wildman–Crippen MR) is 70.7 cm³/mol. The number of nitrogens with two attached hydrogens (primary N) is 1. The van der Waals surface area contributed by atoms with Crippen LogP contribution in [0.5, 0.6) is 0 Å². The van der Waals surface area contributed by atoms with Gasteiger partial charge in [0, 0.05) is 11.1 Å². The number of nitrogens with one attached hydrogen (secondary N) is 1. The van der Waals surface area contributed by atoms with Gasteiger partial charge in [-0.3, -0.25) is 4.79 Å². The lowest BCUT2D eigenvalue weighted by molar-refractivity contribution is 0.0695. The third-order valence-electron chi connectivity index (χ3n) is 3.04. The highest BCUT2D eigenvalue weighted by molar-refractivity contribution is 6.07. The number of H-pyrrole nitrogens is 1. The molecule has 0 atom stereocenters. The number of aromatic carboxylic acids is 2. The maximum absolute atomic E-state index is 14.0. The molecule has 126 valence electrons. The molecule has 0 radical (unpaired) electrons. The number of carboxylic acid groups (broad SMARTS) is 2. The number of nitrogen functional groups attached to an aromatic ring is 1. The van der Waals surface area contributed by atoms with E-state index in [1.165, 1.54) is 0 Å². The van der Waals surface area contributed by atoms with Crippen LogP contribution in [0.25, 0.3) is 11.1 Å². The lowest BCUT2D eigenvalue weighted by atomic mass is 9.94. The number of anilines is 1. The number of rotatable bonds is 3. The molecule has 2 rings (SSSR count). The molecule has 1 heterocycles. The minimum atomic E-state index is -2.31. The topological polar surface area (TPSA) is 133 Å². The first kappa shape index (κ1) is 17.0. The van der Waals surface area contributed by atoms with Gasteiger partial charge in [0.2, 0.25) is 0 Å². The van der Waals surface area contributed by atoms with Crippen LogP contribution in [0, 0.1) is 23.3 Å². The zero-order chi connectivity index (χ0) is 18.3. The molecule has 11 heteroatoms. The SMILES string of the molecule is Nc1[nH]c(=O)c(C(=O)O)c(-c2cc(F)c(F)c(F)c2F)c1C(=O)O. The first-order valence-corrected chi connectivity index (χ1v) is 5.93. The van der Waals surface area contributed by atoms with Crippen LogP contribution < -0.4 is 11.3 Å². The van der Waals surface area contributed by atoms with Crippen LogP contribution in [0.15, 0.2) is 10.9 Å². The predicted octanol–water partition coefficient (Wildman–Crippen LogP) is 1.58. The Hall–Kier alpha value is -3.37. The van der Waals surface area contributed by atoms with E-state index in [1.54, 1.807) is 4.98 Å². The third kappa shape index (κ3) is 2.45. The van der Waals surface area contributed by atoms with Crippen molar-refractivity contribution in [3.63, 3.8) is 0 Å². The summed E-state index contributed by atoms with van der Waals surface area (Å²) in [5.41, 5.74) is -1.08. The molecule has 0 saturated heterocycles. The second kappa shape index (κ2) is 5.68. The molecule has 1 aromatic carbocycles. The molecule has 0 unspecified atom stereocenters. The second-order valence-electron chi connectivity index (χ2n) is 4.45. The minimum absolute atomic E-state index is 0.0286. The van der Waals surface area contributed by atoms with Gasteiger partial charge in [-0.05, 0) is 6.07 Å². The van der Waals surface area contributed by atoms with Gasteiger partial charge in [-0.2, -0.15) is 0 Å². The Balaban J connectivity index is 3.12. The van der Waals surface area contributed by atoms with E-state index in [0.29, 0.717) is 0 Å². The summed E-state index contributed by atoms with van der Waals surface area (Å²) in [7, 11) is 0. The van der Waals surface area contributed by atoms with Crippen molar-refractivity contribution in [3.05, 3.63) is 50.8 Å². The van der Waals surface area contributed by atoms with E-state index in [4.69, 9.17) is 15.9 Å². The van der Waals surface area contributed by atoms with Gasteiger partial charge < -0.3 is 20.9 Å². The van der Waals surface area contributed by atoms with Crippen molar-refractivity contribution >= 4 is 17.8 Å². The van der Waals surface area contributed by atoms with E-state index >= 15 is 0 Å². The van der Waals surface area contributed by atoms with Gasteiger partial charge in [0.25, 0.3) is 5.56 Å². The molecule has 0 aliphatic heterocycles. The van der Waals surface area contributed by atoms with E-state index in [9.17, 15) is 31.9 Å². The van der Waals surface area contributed by atoms with Crippen molar-refractivity contribution in [3.8, 4) is 11.1 Å². The Morgan fingerprint density at radius 3 is 2.00 bits per heavy atom. The molecule has 24 heavy (non-hydrogen) atoms. The highest BCUT2D eigenvalue weighted by Gasteiger charge is 2.31. The Kier molecular flexibility index (Phi) is 4.02. The number of pyridine rings is 1. The van der Waals surface area contributed by atoms with E-state index in [-0.39, 0.29) is 6.07 Å². The van der Waals surface area contributed by atoms with Gasteiger partial charge in [-0.25, -0.2) is 27.2 Å². The first-order chi connectivity index (χ1) is 11.1. The summed E-state index contributed by atoms with van der Waals surface area (Å²) in [4.78, 5) is 35.9. The number of carboxylic acids is 2. The monoisotopic (exact) mass is 346 g/mol. The quantitative estimate of drug-likeness (QED) is 0.379. The molecule has 7 nitrogen and oxygen atoms in total. The molecule has 0 aliphatic rings. The first-order valence-electron chi connectivity index (χ1n) is 5.93. The van der Waals surface area contributed by atoms with Gasteiger partial charge >= 0.3 is 11.9 Å². The normalized spacial score (nSPS) is 10.7. The van der Waals surface area contributed by atoms with Crippen molar-refractivity contribution in [1.82, 2.24) is 4.98 Å². The highest BCUT2D eigenvalue weighted by Crippen LogP contribution is 2.33. The molecule has 0 bridgehead atoms. The zero-order valence-corrected chi connectivity index (χ0v) is 11.3. The lowest BCUT2D eigenvalue weighted by Crippen LogP contribution is -2.24. The van der Waals surface area contributed by atoms with E-state index in [0.717, 1.165) is 0 Å². The standard InChI is InChI=1S/C13H6F4N2O5/c14-3-1-2(7(15)9(17)8(3)16)4-5(12(21)22)10(18)19-11(20)6(4)13(23)24/h1H,(H,21,22)(H,23,24)(H3,18,19,20). The summed E-state index contributed by atoms with van der Waals surface area (Å²) >= 11 is 0. The Bertz CT molecular complexity index is 955. The maximum atomic E-state index is 14.0. The van der Waals surface area contributed by atoms with Gasteiger partial charge in [0.1, 0.15) is 16.9 Å². The van der Waals surface area contributed by atoms with Gasteiger partial charge in [-0.1, -0.05) is 0 Å². The van der Waals surface area contributed by atoms with Gasteiger partial charge in [-0.15, -0.1) is 0 Å². The summed E-state index contributed by atoms with van der Waals surface area (Å²) in [6.07, 6.45) is 0. The number of aromatic amines is 1. The summed E-state index contributed by atoms with van der Waals surface area (Å²) in [6.45, 7) is 0. The van der Waals surface area contributed by atoms with Crippen LogP contribution >= 0.6 is 0 Å². The Morgan fingerprint density at radius 1 is 0.958 bits per heavy atom. The summed E-state index contributed by atoms with van der Waals surface area (Å²) in [5, 5.41) is 18.2. The van der Waals surface area contributed by atoms with Gasteiger partial charge in [0.05, 0.1) is 0 Å². The maximum Gasteiger partial charge on any atom is 0.342 e. The number of carbonyl (C=O) groups is 2. The average Bonchev–Trinajstić information content (AvgIpc) is 2.47. The van der Waals surface area contributed by atoms with Crippen molar-refractivity contribution < 1.29 is 37.4 Å². The molecule has 2 aromatic rings. The fourth-order valence-electron chi connectivity index (χ4n) is 2.07. The number of aromatic nitrogens is 1. The largest absolute Gasteiger partial charge is 0.478 e. The van der Waals surface area contributed by atoms with E-state index in [2.05, 4.69) is 0 Å². The Morgan fingerprint density at radius 2 is 1.50 bits per heavy atom. The fourth-order valence-corrected chi connectivity index (χ4v) is 2.07. The van der Waals surface area contributed by atoms with Crippen molar-refractivity contribution in [1.29, 1.82) is 0 Å². The lowest BCUT2D eigenvalue weighted by Gasteiger charge is -2.13. The van der Waals surface area contributed by atoms with E-state index < -0.39 is 68.8 Å². The Labute approximate surface area is 129 Å². The molecule has 0 saturated carbocycles. The van der Waals surface area contributed by atoms with Crippen LogP contribution in [0.3, 0.4) is 0 Å². The smallest absolute Gasteiger partial charge is 0.342 e. The average molecular weight is 346 g/mol. The summed E-state index contributed by atoms with van der Waals surface area (Å²) in [6, 6.07) is 0.0286. The van der Waals surface area contributed by atoms with Crippen LogP contribution in [-0.4, -0.2) is 27.1 Å². The van der Waals surface area contributed by atoms with Crippen LogP contribution in [0.1, 0.15) is 20.7 Å². The summed E-state index contributed by atoms with van der Waals surface area (Å²) in [5.74, 6) is -13.3. The van der Waals surface area contributed by atoms with Crippen molar-refractivity contribution in [2.75, 3.05) is 5.73 Å². The molecule has 0 fully saturated rings. The molecule has 5 N–H and O–H groups in total. The zero-order valence-electron chi connectivity index (χ0n) is 11.3. The third-order valence-corrected chi connectivity index (χ3v) is 3.04. The van der Waals surface area contributed by atoms with Crippen molar-refractivity contribution in [2.45, 2.75) is 0 Å². The fraction of sp³-hybridized carbons (Fsp3) is 0. The van der Waals surface area contributed by atoms with Gasteiger partial charge in [0.15, 0.2) is 23.3 Å². The van der Waals surface area contributed by atoms with Crippen LogP contribution in [-0.2, 0) is 0 Å². The molecular weight excluding hydrogens is 340 g/mol.